The van der Waals surface area contributed by atoms with Crippen LogP contribution in [0.2, 0.25) is 0 Å². The van der Waals surface area contributed by atoms with Crippen LogP contribution in [0, 0.1) is 0 Å². The highest BCUT2D eigenvalue weighted by Crippen LogP contribution is 2.28. The summed E-state index contributed by atoms with van der Waals surface area (Å²) >= 11 is 0. The predicted molar refractivity (Wildman–Crippen MR) is 112 cm³/mol. The lowest BCUT2D eigenvalue weighted by molar-refractivity contribution is -0.134. The van der Waals surface area contributed by atoms with Gasteiger partial charge in [-0.05, 0) is 19.1 Å². The molecule has 11 nitrogen and oxygen atoms in total. The number of nitrogens with zero attached hydrogens (tertiary/aromatic N) is 3. The normalized spacial score (nSPS) is 17.7. The molecule has 1 aromatic carbocycles. The number of rotatable bonds is 3. The summed E-state index contributed by atoms with van der Waals surface area (Å²) in [7, 11) is 0. The number of benzene rings is 1. The molecule has 2 aromatic rings. The molecule has 4 N–H and O–H groups in total. The maximum atomic E-state index is 12.7. The van der Waals surface area contributed by atoms with Crippen LogP contribution in [0.3, 0.4) is 0 Å². The van der Waals surface area contributed by atoms with E-state index in [0.29, 0.717) is 17.1 Å². The second-order valence-electron chi connectivity index (χ2n) is 7.07. The third-order valence-corrected chi connectivity index (χ3v) is 4.67. The van der Waals surface area contributed by atoms with Crippen LogP contribution >= 0.6 is 0 Å². The zero-order valence-corrected chi connectivity index (χ0v) is 17.2. The number of urea groups is 1. The van der Waals surface area contributed by atoms with Gasteiger partial charge < -0.3 is 25.6 Å². The molecule has 1 unspecified atom stereocenters. The number of carboxylic acids is 1. The van der Waals surface area contributed by atoms with E-state index in [2.05, 4.69) is 20.9 Å². The van der Waals surface area contributed by atoms with E-state index < -0.39 is 18.0 Å². The van der Waals surface area contributed by atoms with Crippen molar-refractivity contribution in [2.75, 3.05) is 23.3 Å². The van der Waals surface area contributed by atoms with Gasteiger partial charge in [0, 0.05) is 39.2 Å². The molecule has 1 atom stereocenters. The molecule has 2 aliphatic rings. The topological polar surface area (TPSA) is 146 Å². The van der Waals surface area contributed by atoms with E-state index in [1.54, 1.807) is 37.4 Å². The Bertz CT molecular complexity index is 990. The summed E-state index contributed by atoms with van der Waals surface area (Å²) in [4.78, 5) is 51.6. The van der Waals surface area contributed by atoms with Gasteiger partial charge in [-0.15, -0.1) is 0 Å². The van der Waals surface area contributed by atoms with Gasteiger partial charge in [-0.2, -0.15) is 0 Å². The second-order valence-corrected chi connectivity index (χ2v) is 7.07. The fourth-order valence-corrected chi connectivity index (χ4v) is 3.28. The summed E-state index contributed by atoms with van der Waals surface area (Å²) in [5, 5.41) is 16.0. The van der Waals surface area contributed by atoms with Gasteiger partial charge in [-0.1, -0.05) is 12.1 Å². The molecule has 1 fully saturated rings. The minimum Gasteiger partial charge on any atom is -0.481 e. The van der Waals surface area contributed by atoms with Crippen molar-refractivity contribution >= 4 is 35.2 Å². The molecule has 0 aliphatic carbocycles. The summed E-state index contributed by atoms with van der Waals surface area (Å²) in [6.45, 7) is 5.11. The zero-order chi connectivity index (χ0) is 22.5. The molecule has 0 radical (unpaired) electrons. The number of nitrogens with one attached hydrogen (secondary N) is 3. The van der Waals surface area contributed by atoms with E-state index in [-0.39, 0.29) is 11.8 Å². The molecule has 4 rings (SSSR count). The Hall–Kier alpha value is -3.73. The fourth-order valence-electron chi connectivity index (χ4n) is 3.28. The number of fused-ring (bicyclic) bond motifs is 1. The van der Waals surface area contributed by atoms with E-state index in [9.17, 15) is 14.4 Å². The van der Waals surface area contributed by atoms with Crippen molar-refractivity contribution in [1.29, 1.82) is 0 Å². The Morgan fingerprint density at radius 1 is 1.23 bits per heavy atom. The number of imidazole rings is 1. The number of hydrogen-bond donors (Lipinski definition) is 4. The Morgan fingerprint density at radius 2 is 1.94 bits per heavy atom. The lowest BCUT2D eigenvalue weighted by atomic mass is 10.2. The molecule has 2 aliphatic heterocycles. The number of carboxylic acid groups (broad SMARTS) is 1. The van der Waals surface area contributed by atoms with Crippen molar-refractivity contribution in [3.63, 3.8) is 0 Å². The summed E-state index contributed by atoms with van der Waals surface area (Å²) < 4.78 is 1.97. The number of imide groups is 1. The maximum Gasteiger partial charge on any atom is 0.329 e. The maximum absolute atomic E-state index is 12.7. The SMILES string of the molecule is CC(=O)O.CC1NC(=O)N(c2ccccc2NC(=O)c2cn3c(n2)CCNCC3)C1=O. The smallest absolute Gasteiger partial charge is 0.329 e. The van der Waals surface area contributed by atoms with E-state index >= 15 is 0 Å². The molecule has 0 bridgehead atoms. The van der Waals surface area contributed by atoms with Gasteiger partial charge in [-0.3, -0.25) is 14.4 Å². The largest absolute Gasteiger partial charge is 0.481 e. The lowest BCUT2D eigenvalue weighted by Crippen LogP contribution is -2.32. The summed E-state index contributed by atoms with van der Waals surface area (Å²) in [6, 6.07) is 5.62. The lowest BCUT2D eigenvalue weighted by Gasteiger charge is -2.17. The molecule has 1 aromatic heterocycles. The van der Waals surface area contributed by atoms with Crippen LogP contribution < -0.4 is 20.9 Å². The van der Waals surface area contributed by atoms with Gasteiger partial charge in [0.2, 0.25) is 0 Å². The first-order valence-corrected chi connectivity index (χ1v) is 9.79. The van der Waals surface area contributed by atoms with E-state index in [1.165, 1.54) is 0 Å². The van der Waals surface area contributed by atoms with E-state index in [0.717, 1.165) is 43.7 Å². The highest BCUT2D eigenvalue weighted by Gasteiger charge is 2.37. The molecule has 0 saturated carbocycles. The quantitative estimate of drug-likeness (QED) is 0.529. The first-order valence-electron chi connectivity index (χ1n) is 9.79. The number of carbonyl (C=O) groups is 4. The highest BCUT2D eigenvalue weighted by molar-refractivity contribution is 6.23. The molecule has 3 heterocycles. The van der Waals surface area contributed by atoms with Crippen LogP contribution in [-0.4, -0.2) is 57.6 Å². The summed E-state index contributed by atoms with van der Waals surface area (Å²) in [5.41, 5.74) is 1.03. The molecule has 11 heteroatoms. The van der Waals surface area contributed by atoms with Crippen molar-refractivity contribution in [2.45, 2.75) is 32.9 Å². The first kappa shape index (κ1) is 22.0. The van der Waals surface area contributed by atoms with Crippen molar-refractivity contribution in [3.8, 4) is 0 Å². The zero-order valence-electron chi connectivity index (χ0n) is 17.2. The predicted octanol–water partition coefficient (Wildman–Crippen LogP) is 0.817. The molecule has 31 heavy (non-hydrogen) atoms. The molecule has 1 saturated heterocycles. The van der Waals surface area contributed by atoms with Crippen LogP contribution in [0.1, 0.15) is 30.2 Å². The highest BCUT2D eigenvalue weighted by atomic mass is 16.4. The average Bonchev–Trinajstić information content (AvgIpc) is 3.13. The molecular weight excluding hydrogens is 404 g/mol. The number of para-hydroxylation sites is 2. The van der Waals surface area contributed by atoms with Crippen molar-refractivity contribution in [3.05, 3.63) is 42.0 Å². The summed E-state index contributed by atoms with van der Waals surface area (Å²) in [6.07, 6.45) is 2.49. The third-order valence-electron chi connectivity index (χ3n) is 4.67. The molecular formula is C20H24N6O5. The number of anilines is 2. The number of hydrogen-bond acceptors (Lipinski definition) is 6. The number of amides is 4. The average molecular weight is 428 g/mol. The van der Waals surface area contributed by atoms with Gasteiger partial charge in [0.15, 0.2) is 0 Å². The fraction of sp³-hybridized carbons (Fsp3) is 0.350. The Morgan fingerprint density at radius 3 is 2.61 bits per heavy atom. The Labute approximate surface area is 178 Å². The Balaban J connectivity index is 0.000000628. The molecule has 4 amide bonds. The first-order chi connectivity index (χ1) is 14.8. The van der Waals surface area contributed by atoms with Crippen LogP contribution in [0.15, 0.2) is 30.5 Å². The van der Waals surface area contributed by atoms with E-state index in [1.807, 2.05) is 4.57 Å². The van der Waals surface area contributed by atoms with Gasteiger partial charge in [0.25, 0.3) is 17.8 Å². The van der Waals surface area contributed by atoms with Crippen molar-refractivity contribution in [1.82, 2.24) is 20.2 Å². The molecule has 164 valence electrons. The van der Waals surface area contributed by atoms with Crippen molar-refractivity contribution in [2.24, 2.45) is 0 Å². The number of aromatic nitrogens is 2. The van der Waals surface area contributed by atoms with E-state index in [4.69, 9.17) is 9.90 Å². The van der Waals surface area contributed by atoms with Gasteiger partial charge >= 0.3 is 6.03 Å². The monoisotopic (exact) mass is 428 g/mol. The van der Waals surface area contributed by atoms with Crippen LogP contribution in [0.4, 0.5) is 16.2 Å². The van der Waals surface area contributed by atoms with Crippen molar-refractivity contribution < 1.29 is 24.3 Å². The second kappa shape index (κ2) is 9.39. The number of carbonyl (C=O) groups excluding carboxylic acids is 3. The van der Waals surface area contributed by atoms with Crippen LogP contribution in [0.5, 0.6) is 0 Å². The minimum atomic E-state index is -0.833. The third kappa shape index (κ3) is 5.07. The minimum absolute atomic E-state index is 0.312. The van der Waals surface area contributed by atoms with Crippen LogP contribution in [0.25, 0.3) is 0 Å². The number of aliphatic carboxylic acids is 1. The Kier molecular flexibility index (Phi) is 6.65. The standard InChI is InChI=1S/C18H20N6O3.C2H4O2/c1-11-17(26)24(18(27)20-11)14-5-3-2-4-12(14)22-16(25)13-10-23-9-8-19-7-6-15(23)21-13;1-2(3)4/h2-5,10-11,19H,6-9H2,1H3,(H,20,27)(H,22,25);1H3,(H,3,4). The van der Waals surface area contributed by atoms with Gasteiger partial charge in [0.1, 0.15) is 17.6 Å². The van der Waals surface area contributed by atoms with Gasteiger partial charge in [-0.25, -0.2) is 14.7 Å². The van der Waals surface area contributed by atoms with Crippen LogP contribution in [-0.2, 0) is 22.6 Å². The van der Waals surface area contributed by atoms with Gasteiger partial charge in [0.05, 0.1) is 11.4 Å². The molecule has 0 spiro atoms. The summed E-state index contributed by atoms with van der Waals surface area (Å²) in [5.74, 6) is -0.708.